The van der Waals surface area contributed by atoms with Gasteiger partial charge in [0.15, 0.2) is 17.5 Å². The van der Waals surface area contributed by atoms with Crippen molar-refractivity contribution in [3.05, 3.63) is 46.6 Å². The average Bonchev–Trinajstić information content (AvgIpc) is 3.10. The molecule has 1 aliphatic carbocycles. The summed E-state index contributed by atoms with van der Waals surface area (Å²) in [6.07, 6.45) is 2.43. The predicted octanol–water partition coefficient (Wildman–Crippen LogP) is 4.08. The van der Waals surface area contributed by atoms with Crippen molar-refractivity contribution >= 4 is 11.3 Å². The van der Waals surface area contributed by atoms with Gasteiger partial charge >= 0.3 is 0 Å². The standard InChI is InChI=1S/C14H12F3NS/c15-11-5-8(6-12(16)14(11)17)13-4-3-10(19-13)7-18-9-1-2-9/h3-6,9,18H,1-2,7H2. The molecule has 100 valence electrons. The SMILES string of the molecule is Fc1cc(-c2ccc(CNC3CC3)s2)cc(F)c1F. The van der Waals surface area contributed by atoms with Gasteiger partial charge < -0.3 is 5.32 Å². The van der Waals surface area contributed by atoms with Gasteiger partial charge in [0.05, 0.1) is 0 Å². The monoisotopic (exact) mass is 283 g/mol. The van der Waals surface area contributed by atoms with Crippen molar-refractivity contribution in [2.45, 2.75) is 25.4 Å². The fraction of sp³-hybridized carbons (Fsp3) is 0.286. The molecular formula is C14H12F3NS. The molecule has 0 radical (unpaired) electrons. The maximum atomic E-state index is 13.2. The van der Waals surface area contributed by atoms with Crippen molar-refractivity contribution in [3.8, 4) is 10.4 Å². The zero-order valence-corrected chi connectivity index (χ0v) is 10.9. The minimum Gasteiger partial charge on any atom is -0.309 e. The number of rotatable bonds is 4. The maximum Gasteiger partial charge on any atom is 0.194 e. The highest BCUT2D eigenvalue weighted by molar-refractivity contribution is 7.15. The molecule has 1 heterocycles. The van der Waals surface area contributed by atoms with Crippen LogP contribution in [-0.2, 0) is 6.54 Å². The molecule has 0 amide bonds. The van der Waals surface area contributed by atoms with Gasteiger partial charge in [0.2, 0.25) is 0 Å². The molecule has 1 aliphatic rings. The van der Waals surface area contributed by atoms with E-state index in [0.29, 0.717) is 11.6 Å². The van der Waals surface area contributed by atoms with Crippen LogP contribution in [-0.4, -0.2) is 6.04 Å². The first-order valence-corrected chi connectivity index (χ1v) is 6.92. The van der Waals surface area contributed by atoms with Crippen LogP contribution in [0.25, 0.3) is 10.4 Å². The fourth-order valence-electron chi connectivity index (χ4n) is 1.86. The Morgan fingerprint density at radius 2 is 1.79 bits per heavy atom. The summed E-state index contributed by atoms with van der Waals surface area (Å²) in [5, 5.41) is 3.37. The van der Waals surface area contributed by atoms with Crippen LogP contribution in [0, 0.1) is 17.5 Å². The molecule has 0 aliphatic heterocycles. The molecule has 1 fully saturated rings. The second-order valence-electron chi connectivity index (χ2n) is 4.68. The van der Waals surface area contributed by atoms with Gasteiger partial charge in [0.1, 0.15) is 0 Å². The van der Waals surface area contributed by atoms with E-state index in [-0.39, 0.29) is 0 Å². The van der Waals surface area contributed by atoms with Gasteiger partial charge in [0.25, 0.3) is 0 Å². The molecule has 2 aromatic rings. The van der Waals surface area contributed by atoms with Gasteiger partial charge in [-0.25, -0.2) is 13.2 Å². The first-order valence-electron chi connectivity index (χ1n) is 6.10. The Labute approximate surface area is 113 Å². The van der Waals surface area contributed by atoms with E-state index in [1.54, 1.807) is 6.07 Å². The van der Waals surface area contributed by atoms with Gasteiger partial charge in [0, 0.05) is 22.3 Å². The number of halogens is 3. The summed E-state index contributed by atoms with van der Waals surface area (Å²) in [6, 6.07) is 6.41. The Morgan fingerprint density at radius 3 is 2.42 bits per heavy atom. The van der Waals surface area contributed by atoms with Crippen LogP contribution in [0.5, 0.6) is 0 Å². The predicted molar refractivity (Wildman–Crippen MR) is 69.5 cm³/mol. The highest BCUT2D eigenvalue weighted by Gasteiger charge is 2.20. The third-order valence-corrected chi connectivity index (χ3v) is 4.21. The summed E-state index contributed by atoms with van der Waals surface area (Å²) in [6.45, 7) is 0.765. The van der Waals surface area contributed by atoms with Crippen LogP contribution >= 0.6 is 11.3 Å². The molecule has 0 spiro atoms. The maximum absolute atomic E-state index is 13.2. The summed E-state index contributed by atoms with van der Waals surface area (Å²) >= 11 is 1.46. The van der Waals surface area contributed by atoms with Crippen LogP contribution in [0.15, 0.2) is 24.3 Å². The molecule has 3 rings (SSSR count). The highest BCUT2D eigenvalue weighted by atomic mass is 32.1. The van der Waals surface area contributed by atoms with Gasteiger partial charge in [-0.3, -0.25) is 0 Å². The lowest BCUT2D eigenvalue weighted by atomic mass is 10.1. The van der Waals surface area contributed by atoms with E-state index in [1.165, 1.54) is 24.2 Å². The highest BCUT2D eigenvalue weighted by Crippen LogP contribution is 2.30. The number of thiophene rings is 1. The molecule has 0 bridgehead atoms. The van der Waals surface area contributed by atoms with E-state index >= 15 is 0 Å². The molecule has 0 unspecified atom stereocenters. The Hall–Kier alpha value is -1.33. The van der Waals surface area contributed by atoms with Crippen LogP contribution < -0.4 is 5.32 Å². The molecule has 19 heavy (non-hydrogen) atoms. The second kappa shape index (κ2) is 4.98. The van der Waals surface area contributed by atoms with Crippen molar-refractivity contribution in [2.75, 3.05) is 0 Å². The number of hydrogen-bond acceptors (Lipinski definition) is 2. The summed E-state index contributed by atoms with van der Waals surface area (Å²) < 4.78 is 39.2. The Balaban J connectivity index is 1.81. The molecule has 1 aromatic heterocycles. The van der Waals surface area contributed by atoms with Crippen molar-refractivity contribution in [1.82, 2.24) is 5.32 Å². The molecule has 1 aromatic carbocycles. The molecule has 5 heteroatoms. The summed E-state index contributed by atoms with van der Waals surface area (Å²) in [5.41, 5.74) is 0.374. The summed E-state index contributed by atoms with van der Waals surface area (Å²) in [5.74, 6) is -3.72. The van der Waals surface area contributed by atoms with Crippen LogP contribution in [0.4, 0.5) is 13.2 Å². The van der Waals surface area contributed by atoms with E-state index in [0.717, 1.165) is 28.4 Å². The number of benzene rings is 1. The molecule has 0 atom stereocenters. The molecule has 0 saturated heterocycles. The fourth-order valence-corrected chi connectivity index (χ4v) is 2.80. The largest absolute Gasteiger partial charge is 0.309 e. The smallest absolute Gasteiger partial charge is 0.194 e. The van der Waals surface area contributed by atoms with Gasteiger partial charge in [-0.1, -0.05) is 0 Å². The first-order chi connectivity index (χ1) is 9.13. The third kappa shape index (κ3) is 2.82. The third-order valence-electron chi connectivity index (χ3n) is 3.07. The Morgan fingerprint density at radius 1 is 1.11 bits per heavy atom. The Kier molecular flexibility index (Phi) is 3.33. The van der Waals surface area contributed by atoms with E-state index in [2.05, 4.69) is 5.32 Å². The van der Waals surface area contributed by atoms with Crippen molar-refractivity contribution < 1.29 is 13.2 Å². The van der Waals surface area contributed by atoms with Gasteiger partial charge in [-0.2, -0.15) is 0 Å². The number of hydrogen-bond donors (Lipinski definition) is 1. The van der Waals surface area contributed by atoms with Crippen LogP contribution in [0.1, 0.15) is 17.7 Å². The van der Waals surface area contributed by atoms with Crippen LogP contribution in [0.3, 0.4) is 0 Å². The van der Waals surface area contributed by atoms with Gasteiger partial charge in [-0.05, 0) is 42.7 Å². The Bertz CT molecular complexity index is 581. The molecule has 1 nitrogen and oxygen atoms in total. The number of nitrogens with one attached hydrogen (secondary N) is 1. The molecule has 1 saturated carbocycles. The van der Waals surface area contributed by atoms with Crippen LogP contribution in [0.2, 0.25) is 0 Å². The minimum absolute atomic E-state index is 0.374. The van der Waals surface area contributed by atoms with Gasteiger partial charge in [-0.15, -0.1) is 11.3 Å². The first kappa shape index (κ1) is 12.7. The lowest BCUT2D eigenvalue weighted by Gasteiger charge is -2.01. The molecule has 1 N–H and O–H groups in total. The van der Waals surface area contributed by atoms with Crippen molar-refractivity contribution in [3.63, 3.8) is 0 Å². The lowest BCUT2D eigenvalue weighted by molar-refractivity contribution is 0.448. The van der Waals surface area contributed by atoms with E-state index in [4.69, 9.17) is 0 Å². The minimum atomic E-state index is -1.42. The summed E-state index contributed by atoms with van der Waals surface area (Å²) in [7, 11) is 0. The second-order valence-corrected chi connectivity index (χ2v) is 5.84. The van der Waals surface area contributed by atoms with Crippen molar-refractivity contribution in [2.24, 2.45) is 0 Å². The zero-order valence-electron chi connectivity index (χ0n) is 10.1. The lowest BCUT2D eigenvalue weighted by Crippen LogP contribution is -2.14. The van der Waals surface area contributed by atoms with E-state index in [9.17, 15) is 13.2 Å². The van der Waals surface area contributed by atoms with E-state index < -0.39 is 17.5 Å². The zero-order chi connectivity index (χ0) is 13.4. The van der Waals surface area contributed by atoms with Crippen molar-refractivity contribution in [1.29, 1.82) is 0 Å². The quantitative estimate of drug-likeness (QED) is 0.834. The van der Waals surface area contributed by atoms with E-state index in [1.807, 2.05) is 6.07 Å². The molecular weight excluding hydrogens is 271 g/mol. The topological polar surface area (TPSA) is 12.0 Å². The normalized spacial score (nSPS) is 14.9. The average molecular weight is 283 g/mol. The summed E-state index contributed by atoms with van der Waals surface area (Å²) in [4.78, 5) is 1.84.